The number of ether oxygens (including phenoxy) is 2. The molecule has 38 heteroatoms. The van der Waals surface area contributed by atoms with Crippen LogP contribution in [0.4, 0.5) is 87.3 Å². The lowest BCUT2D eigenvalue weighted by Crippen LogP contribution is -2.42. The second-order valence-electron chi connectivity index (χ2n) is 24.1. The Morgan fingerprint density at radius 2 is 0.785 bits per heavy atom. The van der Waals surface area contributed by atoms with Crippen LogP contribution < -0.4 is 10.6 Å². The molecule has 0 saturated carbocycles. The van der Waals surface area contributed by atoms with Crippen molar-refractivity contribution in [3.8, 4) is 0 Å². The Hall–Kier alpha value is -4.69. The molecule has 8 rings (SSSR count). The Balaban J connectivity index is 0.000000293. The third-order valence-electron chi connectivity index (χ3n) is 14.3. The fourth-order valence-corrected chi connectivity index (χ4v) is 12.1. The SMILES string of the molecule is CC(C)(C)OC(=O)N1CCC(B(O)O)CC1.CC(C)OC(=O)N1CCC(B(O)O)CC1.Cc1ccc(S(F)(F)(F)(F)F)cc1.Cc1cccc(S(F)(F)(F)(F)F)c1.FS(F)(F)(F)(F)c1ccc(C2CCNCC2)cc1.FS(F)(F)(F)(F)c1cccc(C2CCNCC2)c1. The van der Waals surface area contributed by atoms with Gasteiger partial charge in [0.05, 0.1) is 6.10 Å². The van der Waals surface area contributed by atoms with Crippen LogP contribution in [0.5, 0.6) is 0 Å². The van der Waals surface area contributed by atoms with E-state index in [0.717, 1.165) is 50.2 Å². The minimum Gasteiger partial charge on any atom is -0.447 e. The maximum Gasteiger partial charge on any atom is 0.454 e. The quantitative estimate of drug-likeness (QED) is 0.0702. The van der Waals surface area contributed by atoms with Crippen LogP contribution in [-0.4, -0.2) is 120 Å². The van der Waals surface area contributed by atoms with Crippen LogP contribution in [0, 0.1) is 13.8 Å². The molecule has 0 bridgehead atoms. The van der Waals surface area contributed by atoms with Gasteiger partial charge in [-0.1, -0.05) is 132 Å². The molecule has 4 heterocycles. The second-order valence-corrected chi connectivity index (χ2v) is 33.7. The van der Waals surface area contributed by atoms with E-state index in [9.17, 15) is 87.3 Å². The average Bonchev–Trinajstić information content (AvgIpc) is 0.754. The van der Waals surface area contributed by atoms with Gasteiger partial charge in [0.15, 0.2) is 0 Å². The number of nitrogens with one attached hydrogen (secondary N) is 2. The molecule has 4 aliphatic heterocycles. The van der Waals surface area contributed by atoms with Gasteiger partial charge < -0.3 is 50.0 Å². The zero-order valence-corrected chi connectivity index (χ0v) is 54.9. The Morgan fingerprint density at radius 3 is 1.11 bits per heavy atom. The molecule has 0 spiro atoms. The summed E-state index contributed by atoms with van der Waals surface area (Å²) >= 11 is 0. The zero-order valence-electron chi connectivity index (χ0n) is 51.6. The van der Waals surface area contributed by atoms with Gasteiger partial charge >= 0.3 is 67.3 Å². The molecule has 93 heavy (non-hydrogen) atoms. The summed E-state index contributed by atoms with van der Waals surface area (Å²) in [5, 5.41) is 42.2. The van der Waals surface area contributed by atoms with E-state index in [1.54, 1.807) is 9.80 Å². The van der Waals surface area contributed by atoms with Gasteiger partial charge in [-0.2, -0.15) is 0 Å². The minimum atomic E-state index is -9.55. The summed E-state index contributed by atoms with van der Waals surface area (Å²) in [5.41, 5.74) is 1.23. The topological polar surface area (TPSA) is 164 Å². The molecule has 4 aromatic rings. The highest BCUT2D eigenvalue weighted by Gasteiger charge is 2.68. The van der Waals surface area contributed by atoms with E-state index in [-0.39, 0.29) is 47.3 Å². The summed E-state index contributed by atoms with van der Waals surface area (Å²) < 4.78 is 257. The van der Waals surface area contributed by atoms with Crippen molar-refractivity contribution in [1.29, 1.82) is 0 Å². The predicted octanol–water partition coefficient (Wildman–Crippen LogP) is 20.3. The molecule has 0 aromatic heterocycles. The van der Waals surface area contributed by atoms with E-state index in [0.29, 0.717) is 143 Å². The number of piperidine rings is 4. The first kappa shape index (κ1) is 82.5. The van der Waals surface area contributed by atoms with Crippen molar-refractivity contribution in [2.75, 3.05) is 52.4 Å². The Morgan fingerprint density at radius 1 is 0.452 bits per heavy atom. The van der Waals surface area contributed by atoms with Gasteiger partial charge in [0.2, 0.25) is 0 Å². The number of nitrogens with zero attached hydrogens (tertiary/aromatic N) is 2. The van der Waals surface area contributed by atoms with Crippen LogP contribution in [0.25, 0.3) is 0 Å². The van der Waals surface area contributed by atoms with Gasteiger partial charge in [-0.15, -0.1) is 0 Å². The Kier molecular flexibility index (Phi) is 24.2. The van der Waals surface area contributed by atoms with Crippen LogP contribution in [0.2, 0.25) is 11.6 Å². The van der Waals surface area contributed by atoms with Crippen molar-refractivity contribution in [2.45, 2.75) is 155 Å². The van der Waals surface area contributed by atoms with Gasteiger partial charge in [-0.25, -0.2) is 9.59 Å². The molecular formula is C55H80B2F20N4O8S4. The zero-order chi connectivity index (χ0) is 71.6. The Bertz CT molecular complexity index is 3110. The largest absolute Gasteiger partial charge is 0.454 e. The molecule has 6 N–H and O–H groups in total. The highest BCUT2D eigenvalue weighted by atomic mass is 32.5. The number of aryl methyl sites for hydroxylation is 2. The molecule has 2 amide bonds. The lowest BCUT2D eigenvalue weighted by Gasteiger charge is -2.41. The number of rotatable bonds is 9. The highest BCUT2D eigenvalue weighted by molar-refractivity contribution is 8.46. The van der Waals surface area contributed by atoms with Crippen molar-refractivity contribution in [3.05, 3.63) is 119 Å². The van der Waals surface area contributed by atoms with E-state index in [4.69, 9.17) is 29.6 Å². The summed E-state index contributed by atoms with van der Waals surface area (Å²) in [5.74, 6) is -0.170. The van der Waals surface area contributed by atoms with E-state index in [2.05, 4.69) is 10.6 Å². The number of likely N-dealkylation sites (tertiary alicyclic amines) is 2. The third-order valence-corrected chi connectivity index (χ3v) is 18.9. The first-order chi connectivity index (χ1) is 41.4. The first-order valence-electron chi connectivity index (χ1n) is 28.8. The van der Waals surface area contributed by atoms with Crippen LogP contribution in [0.3, 0.4) is 0 Å². The number of carbonyl (C=O) groups is 2. The summed E-state index contributed by atoms with van der Waals surface area (Å²) in [6.45, 7) is 17.1. The van der Waals surface area contributed by atoms with E-state index in [1.807, 2.05) is 34.6 Å². The van der Waals surface area contributed by atoms with Gasteiger partial charge in [0.1, 0.15) is 25.2 Å². The van der Waals surface area contributed by atoms with Gasteiger partial charge in [0, 0.05) is 26.2 Å². The normalized spacial score (nSPS) is 19.7. The third kappa shape index (κ3) is 30.5. The van der Waals surface area contributed by atoms with Crippen LogP contribution in [-0.2, 0) is 9.47 Å². The molecule has 0 unspecified atom stereocenters. The standard InChI is InChI=1S/2C11H14F5NS.C10H20BNO4.C9H18BNO4.2C7H7F5S/c12-18(13,14,15,16)11-3-1-9(2-4-11)10-5-7-17-8-6-10;12-18(13,14,15,16)11-3-1-2-10(8-11)9-4-6-17-7-5-9;1-10(2,3)16-9(13)12-6-4-8(5-7-12)11(14)15;1-7(2)15-9(12)11-5-3-8(4-6-11)10(13)14;1-6-2-4-7(5-3-6)13(8,9,10,11)12;1-6-3-2-4-7(5-6)13(8,9,10,11)12/h1-4,10,17H,5-8H2;1-3,8-9,17H,4-7H2;8,14-15H,4-7H2,1-3H3;7-8,13-14H,3-6H2,1-2H3;2*2-5H,1H3. The predicted molar refractivity (Wildman–Crippen MR) is 328 cm³/mol. The van der Waals surface area contributed by atoms with E-state index >= 15 is 0 Å². The lowest BCUT2D eigenvalue weighted by atomic mass is 9.68. The average molecular weight is 1460 g/mol. The number of hydrogen-bond donors (Lipinski definition) is 6. The number of carbonyl (C=O) groups excluding carboxylic acids is 2. The molecule has 0 atom stereocenters. The number of hydrogen-bond acceptors (Lipinski definition) is 10. The van der Waals surface area contributed by atoms with Crippen LogP contribution in [0.1, 0.15) is 120 Å². The lowest BCUT2D eigenvalue weighted by molar-refractivity contribution is 0.0210. The van der Waals surface area contributed by atoms with Crippen molar-refractivity contribution in [3.63, 3.8) is 0 Å². The van der Waals surface area contributed by atoms with Crippen molar-refractivity contribution >= 4 is 67.3 Å². The monoisotopic (exact) mass is 1450 g/mol. The van der Waals surface area contributed by atoms with Crippen LogP contribution in [0.15, 0.2) is 117 Å². The van der Waals surface area contributed by atoms with Gasteiger partial charge in [-0.05, 0) is 215 Å². The number of amides is 2. The summed E-state index contributed by atoms with van der Waals surface area (Å²) in [6, 6.07) is 12.9. The van der Waals surface area contributed by atoms with Gasteiger partial charge in [0.25, 0.3) is 0 Å². The van der Waals surface area contributed by atoms with E-state index < -0.39 is 80.3 Å². The molecule has 538 valence electrons. The van der Waals surface area contributed by atoms with Crippen molar-refractivity contribution < 1.29 is 117 Å². The molecular weight excluding hydrogens is 1370 g/mol. The number of halogens is 20. The van der Waals surface area contributed by atoms with Crippen molar-refractivity contribution in [1.82, 2.24) is 20.4 Å². The second kappa shape index (κ2) is 27.3. The maximum atomic E-state index is 12.7. The molecule has 12 nitrogen and oxygen atoms in total. The maximum absolute atomic E-state index is 12.7. The molecule has 4 saturated heterocycles. The van der Waals surface area contributed by atoms with Gasteiger partial charge in [-0.3, -0.25) is 0 Å². The fraction of sp³-hybridized carbons (Fsp3) is 0.527. The highest BCUT2D eigenvalue weighted by Crippen LogP contribution is 3.04. The van der Waals surface area contributed by atoms with Crippen molar-refractivity contribution in [2.24, 2.45) is 0 Å². The smallest absolute Gasteiger partial charge is 0.447 e. The summed E-state index contributed by atoms with van der Waals surface area (Å²) in [4.78, 5) is 19.1. The summed E-state index contributed by atoms with van der Waals surface area (Å²) in [6.07, 6.45) is 4.68. The molecule has 4 aliphatic rings. The molecule has 0 radical (unpaired) electrons. The molecule has 0 aliphatic carbocycles. The first-order valence-corrected chi connectivity index (χ1v) is 36.6. The summed E-state index contributed by atoms with van der Waals surface area (Å²) in [7, 11) is -40.5. The number of benzene rings is 4. The molecule has 4 aromatic carbocycles. The molecule has 4 fully saturated rings. The fourth-order valence-electron chi connectivity index (χ4n) is 9.33. The minimum absolute atomic E-state index is 0.0776. The van der Waals surface area contributed by atoms with Crippen LogP contribution >= 0.6 is 40.9 Å². The Labute approximate surface area is 528 Å². The van der Waals surface area contributed by atoms with E-state index in [1.165, 1.54) is 38.1 Å².